The van der Waals surface area contributed by atoms with Gasteiger partial charge in [0.15, 0.2) is 5.58 Å². The number of nitrogens with zero attached hydrogens (tertiary/aromatic N) is 1. The smallest absolute Gasteiger partial charge is 0.248 e. The van der Waals surface area contributed by atoms with Crippen molar-refractivity contribution in [2.45, 2.75) is 0 Å². The van der Waals surface area contributed by atoms with Crippen molar-refractivity contribution in [2.24, 2.45) is 5.73 Å². The first-order valence-corrected chi connectivity index (χ1v) is 8.61. The average molecular weight is 397 g/mol. The largest absolute Gasteiger partial charge is 0.436 e. The molecule has 0 aliphatic rings. The number of fused-ring (bicyclic) bond motifs is 1. The van der Waals surface area contributed by atoms with E-state index in [2.05, 4.69) is 10.3 Å². The van der Waals surface area contributed by atoms with Crippen LogP contribution >= 0.6 is 11.6 Å². The third-order valence-corrected chi connectivity index (χ3v) is 4.55. The lowest BCUT2D eigenvalue weighted by Crippen LogP contribution is -2.10. The Morgan fingerprint density at radius 2 is 1.89 bits per heavy atom. The summed E-state index contributed by atoms with van der Waals surface area (Å²) in [6, 6.07) is 12.7. The van der Waals surface area contributed by atoms with Gasteiger partial charge in [-0.05, 0) is 36.4 Å². The van der Waals surface area contributed by atoms with Gasteiger partial charge in [-0.1, -0.05) is 23.7 Å². The van der Waals surface area contributed by atoms with Crippen LogP contribution in [0.25, 0.3) is 22.2 Å². The summed E-state index contributed by atoms with van der Waals surface area (Å²) in [6.45, 7) is 0. The van der Waals surface area contributed by atoms with Crippen molar-refractivity contribution >= 4 is 45.7 Å². The number of carbonyl (C=O) groups excluding carboxylic acids is 1. The van der Waals surface area contributed by atoms with E-state index in [4.69, 9.17) is 27.5 Å². The number of primary amides is 1. The summed E-state index contributed by atoms with van der Waals surface area (Å²) < 4.78 is 19.1. The zero-order chi connectivity index (χ0) is 19.8. The van der Waals surface area contributed by atoms with Gasteiger partial charge in [0.2, 0.25) is 11.8 Å². The lowest BCUT2D eigenvalue weighted by atomic mass is 10.1. The normalized spacial score (nSPS) is 10.9. The van der Waals surface area contributed by atoms with E-state index < -0.39 is 11.7 Å². The molecule has 0 fully saturated rings. The molecule has 0 atom stereocenters. The van der Waals surface area contributed by atoms with Gasteiger partial charge in [0.25, 0.3) is 0 Å². The minimum absolute atomic E-state index is 0.00623. The third-order valence-electron chi connectivity index (χ3n) is 4.26. The van der Waals surface area contributed by atoms with Gasteiger partial charge in [-0.15, -0.1) is 0 Å². The molecule has 0 unspecified atom stereocenters. The van der Waals surface area contributed by atoms with E-state index in [1.165, 1.54) is 12.1 Å². The van der Waals surface area contributed by atoms with E-state index in [1.54, 1.807) is 42.6 Å². The van der Waals surface area contributed by atoms with Crippen LogP contribution in [0.4, 0.5) is 21.6 Å². The molecule has 140 valence electrons. The maximum absolute atomic E-state index is 13.4. The Morgan fingerprint density at radius 3 is 2.57 bits per heavy atom. The summed E-state index contributed by atoms with van der Waals surface area (Å²) in [4.78, 5) is 15.6. The number of halogens is 2. The summed E-state index contributed by atoms with van der Waals surface area (Å²) in [7, 11) is 0. The highest BCUT2D eigenvalue weighted by Crippen LogP contribution is 2.39. The standard InChI is InChI=1S/C20H14ClFN4O2/c21-14-9-12(5-6-15(14)22)26-17-13-7-8-25-16(18(13)28-20(17)24)10-1-3-11(4-2-10)19(23)27/h1-9,26H,24H2,(H2,23,27). The Bertz CT molecular complexity index is 1210. The fraction of sp³-hybridized carbons (Fsp3) is 0. The van der Waals surface area contributed by atoms with E-state index in [-0.39, 0.29) is 10.9 Å². The van der Waals surface area contributed by atoms with E-state index in [0.717, 1.165) is 5.56 Å². The zero-order valence-electron chi connectivity index (χ0n) is 14.4. The summed E-state index contributed by atoms with van der Waals surface area (Å²) in [6.07, 6.45) is 1.62. The van der Waals surface area contributed by atoms with Crippen LogP contribution in [0.15, 0.2) is 59.1 Å². The van der Waals surface area contributed by atoms with Gasteiger partial charge in [0.1, 0.15) is 17.2 Å². The highest BCUT2D eigenvalue weighted by Gasteiger charge is 2.17. The highest BCUT2D eigenvalue weighted by molar-refractivity contribution is 6.31. The summed E-state index contributed by atoms with van der Waals surface area (Å²) in [5, 5.41) is 3.80. The second-order valence-corrected chi connectivity index (χ2v) is 6.48. The minimum atomic E-state index is -0.511. The van der Waals surface area contributed by atoms with Crippen molar-refractivity contribution in [3.8, 4) is 11.3 Å². The second kappa shape index (κ2) is 6.86. The molecule has 0 aliphatic carbocycles. The number of anilines is 3. The Hall–Kier alpha value is -3.58. The molecular formula is C20H14ClFN4O2. The van der Waals surface area contributed by atoms with E-state index in [9.17, 15) is 9.18 Å². The number of carbonyl (C=O) groups is 1. The molecule has 2 heterocycles. The van der Waals surface area contributed by atoms with Gasteiger partial charge in [-0.3, -0.25) is 9.78 Å². The molecule has 0 aliphatic heterocycles. The molecule has 1 amide bonds. The molecule has 5 N–H and O–H groups in total. The first kappa shape index (κ1) is 17.8. The van der Waals surface area contributed by atoms with Gasteiger partial charge < -0.3 is 21.2 Å². The lowest BCUT2D eigenvalue weighted by molar-refractivity contribution is 0.100. The molecule has 8 heteroatoms. The minimum Gasteiger partial charge on any atom is -0.436 e. The van der Waals surface area contributed by atoms with Crippen molar-refractivity contribution in [1.29, 1.82) is 0 Å². The SMILES string of the molecule is NC(=O)c1ccc(-c2nccc3c(Nc4ccc(F)c(Cl)c4)c(N)oc23)cc1. The van der Waals surface area contributed by atoms with Crippen LogP contribution in [0.5, 0.6) is 0 Å². The second-order valence-electron chi connectivity index (χ2n) is 6.07. The Balaban J connectivity index is 1.78. The number of pyridine rings is 1. The molecular weight excluding hydrogens is 383 g/mol. The predicted molar refractivity (Wildman–Crippen MR) is 107 cm³/mol. The van der Waals surface area contributed by atoms with Gasteiger partial charge in [-0.2, -0.15) is 0 Å². The average Bonchev–Trinajstić information content (AvgIpc) is 3.00. The molecule has 2 aromatic heterocycles. The number of benzene rings is 2. The summed E-state index contributed by atoms with van der Waals surface area (Å²) >= 11 is 5.84. The van der Waals surface area contributed by atoms with Gasteiger partial charge in [0, 0.05) is 23.0 Å². The number of nitrogens with one attached hydrogen (secondary N) is 1. The topological polar surface area (TPSA) is 107 Å². The van der Waals surface area contributed by atoms with Crippen LogP contribution in [-0.4, -0.2) is 10.9 Å². The Kier molecular flexibility index (Phi) is 4.37. The van der Waals surface area contributed by atoms with Crippen LogP contribution < -0.4 is 16.8 Å². The number of hydrogen-bond donors (Lipinski definition) is 3. The fourth-order valence-corrected chi connectivity index (χ4v) is 3.07. The van der Waals surface area contributed by atoms with Crippen LogP contribution in [0.3, 0.4) is 0 Å². The summed E-state index contributed by atoms with van der Waals surface area (Å²) in [5.74, 6) is -0.869. The number of amides is 1. The maximum atomic E-state index is 13.4. The van der Waals surface area contributed by atoms with E-state index in [1.807, 2.05) is 0 Å². The molecule has 0 saturated carbocycles. The Morgan fingerprint density at radius 1 is 1.14 bits per heavy atom. The van der Waals surface area contributed by atoms with Crippen molar-refractivity contribution in [2.75, 3.05) is 11.1 Å². The van der Waals surface area contributed by atoms with Crippen LogP contribution in [0.2, 0.25) is 5.02 Å². The van der Waals surface area contributed by atoms with E-state index >= 15 is 0 Å². The zero-order valence-corrected chi connectivity index (χ0v) is 15.1. The number of hydrogen-bond acceptors (Lipinski definition) is 5. The lowest BCUT2D eigenvalue weighted by Gasteiger charge is -2.06. The van der Waals surface area contributed by atoms with Crippen molar-refractivity contribution < 1.29 is 13.6 Å². The molecule has 0 bridgehead atoms. The number of nitrogens with two attached hydrogens (primary N) is 2. The molecule has 4 rings (SSSR count). The van der Waals surface area contributed by atoms with Gasteiger partial charge in [0.05, 0.1) is 10.4 Å². The number of furan rings is 1. The van der Waals surface area contributed by atoms with Crippen LogP contribution in [0.1, 0.15) is 10.4 Å². The molecule has 0 spiro atoms. The maximum Gasteiger partial charge on any atom is 0.248 e. The van der Waals surface area contributed by atoms with Gasteiger partial charge in [-0.25, -0.2) is 4.39 Å². The summed E-state index contributed by atoms with van der Waals surface area (Å²) in [5.41, 5.74) is 14.6. The number of nitrogen functional groups attached to an aromatic ring is 1. The monoisotopic (exact) mass is 396 g/mol. The molecule has 2 aromatic carbocycles. The first-order valence-electron chi connectivity index (χ1n) is 8.23. The molecule has 0 saturated heterocycles. The third kappa shape index (κ3) is 3.12. The first-order chi connectivity index (χ1) is 13.4. The fourth-order valence-electron chi connectivity index (χ4n) is 2.89. The van der Waals surface area contributed by atoms with Crippen molar-refractivity contribution in [3.63, 3.8) is 0 Å². The van der Waals surface area contributed by atoms with Crippen molar-refractivity contribution in [3.05, 3.63) is 71.1 Å². The number of aromatic nitrogens is 1. The van der Waals surface area contributed by atoms with E-state index in [0.29, 0.717) is 33.6 Å². The molecule has 6 nitrogen and oxygen atoms in total. The number of rotatable bonds is 4. The molecule has 0 radical (unpaired) electrons. The predicted octanol–water partition coefficient (Wildman–Crippen LogP) is 4.71. The van der Waals surface area contributed by atoms with Crippen LogP contribution in [-0.2, 0) is 0 Å². The van der Waals surface area contributed by atoms with Gasteiger partial charge >= 0.3 is 0 Å². The Labute approximate surface area is 163 Å². The highest BCUT2D eigenvalue weighted by atomic mass is 35.5. The van der Waals surface area contributed by atoms with Crippen LogP contribution in [0, 0.1) is 5.82 Å². The molecule has 28 heavy (non-hydrogen) atoms. The quantitative estimate of drug-likeness (QED) is 0.463. The molecule has 4 aromatic rings. The van der Waals surface area contributed by atoms with Crippen molar-refractivity contribution in [1.82, 2.24) is 4.98 Å².